The Balaban J connectivity index is 2.57. The van der Waals surface area contributed by atoms with Crippen LogP contribution in [0.15, 0.2) is 18.2 Å². The molecule has 0 fully saturated rings. The van der Waals surface area contributed by atoms with E-state index in [0.717, 1.165) is 37.2 Å². The van der Waals surface area contributed by atoms with Crippen LogP contribution in [-0.2, 0) is 6.42 Å². The van der Waals surface area contributed by atoms with E-state index in [1.165, 1.54) is 5.56 Å². The van der Waals surface area contributed by atoms with Crippen LogP contribution in [-0.4, -0.2) is 13.7 Å². The molecule has 1 aromatic carbocycles. The SMILES string of the molecule is CCCc1ccc(OC)cc1OCCCCC#N. The van der Waals surface area contributed by atoms with Gasteiger partial charge in [-0.15, -0.1) is 0 Å². The first-order chi connectivity index (χ1) is 8.81. The van der Waals surface area contributed by atoms with E-state index in [9.17, 15) is 0 Å². The molecule has 0 bridgehead atoms. The van der Waals surface area contributed by atoms with Crippen molar-refractivity contribution in [2.45, 2.75) is 39.0 Å². The fourth-order valence-electron chi connectivity index (χ4n) is 1.76. The van der Waals surface area contributed by atoms with Crippen LogP contribution in [0.25, 0.3) is 0 Å². The van der Waals surface area contributed by atoms with E-state index in [1.807, 2.05) is 12.1 Å². The molecule has 0 N–H and O–H groups in total. The predicted octanol–water partition coefficient (Wildman–Crippen LogP) is 3.72. The van der Waals surface area contributed by atoms with Gasteiger partial charge in [0.1, 0.15) is 11.5 Å². The van der Waals surface area contributed by atoms with Crippen LogP contribution in [0.5, 0.6) is 11.5 Å². The van der Waals surface area contributed by atoms with Crippen molar-refractivity contribution >= 4 is 0 Å². The summed E-state index contributed by atoms with van der Waals surface area (Å²) in [4.78, 5) is 0. The predicted molar refractivity (Wildman–Crippen MR) is 71.9 cm³/mol. The third kappa shape index (κ3) is 4.67. The van der Waals surface area contributed by atoms with Crippen molar-refractivity contribution in [2.24, 2.45) is 0 Å². The molecule has 0 saturated heterocycles. The standard InChI is InChI=1S/C15H21NO2/c1-3-7-13-8-9-14(17-2)12-15(13)18-11-6-4-5-10-16/h8-9,12H,3-7,11H2,1-2H3. The maximum Gasteiger partial charge on any atom is 0.126 e. The van der Waals surface area contributed by atoms with Crippen molar-refractivity contribution in [1.82, 2.24) is 0 Å². The molecule has 18 heavy (non-hydrogen) atoms. The van der Waals surface area contributed by atoms with Gasteiger partial charge >= 0.3 is 0 Å². The van der Waals surface area contributed by atoms with E-state index in [0.29, 0.717) is 13.0 Å². The molecule has 3 heteroatoms. The van der Waals surface area contributed by atoms with Gasteiger partial charge in [-0.3, -0.25) is 0 Å². The highest BCUT2D eigenvalue weighted by atomic mass is 16.5. The number of hydrogen-bond acceptors (Lipinski definition) is 3. The van der Waals surface area contributed by atoms with Crippen LogP contribution >= 0.6 is 0 Å². The number of nitrogens with zero attached hydrogens (tertiary/aromatic N) is 1. The van der Waals surface area contributed by atoms with E-state index in [-0.39, 0.29) is 0 Å². The molecular weight excluding hydrogens is 226 g/mol. The quantitative estimate of drug-likeness (QED) is 0.657. The van der Waals surface area contributed by atoms with Gasteiger partial charge in [-0.25, -0.2) is 0 Å². The van der Waals surface area contributed by atoms with Crippen LogP contribution < -0.4 is 9.47 Å². The Kier molecular flexibility index (Phi) is 6.71. The zero-order valence-electron chi connectivity index (χ0n) is 11.2. The number of aryl methyl sites for hydroxylation is 1. The van der Waals surface area contributed by atoms with Gasteiger partial charge in [-0.1, -0.05) is 19.4 Å². The van der Waals surface area contributed by atoms with Gasteiger partial charge in [0.05, 0.1) is 19.8 Å². The van der Waals surface area contributed by atoms with Crippen molar-refractivity contribution in [3.05, 3.63) is 23.8 Å². The smallest absolute Gasteiger partial charge is 0.126 e. The summed E-state index contributed by atoms with van der Waals surface area (Å²) in [5.74, 6) is 1.73. The summed E-state index contributed by atoms with van der Waals surface area (Å²) in [7, 11) is 1.66. The number of unbranched alkanes of at least 4 members (excludes halogenated alkanes) is 2. The van der Waals surface area contributed by atoms with E-state index >= 15 is 0 Å². The Bertz CT molecular complexity index is 396. The van der Waals surface area contributed by atoms with Crippen molar-refractivity contribution in [1.29, 1.82) is 5.26 Å². The maximum atomic E-state index is 8.46. The zero-order valence-corrected chi connectivity index (χ0v) is 11.2. The highest BCUT2D eigenvalue weighted by molar-refractivity contribution is 5.40. The van der Waals surface area contributed by atoms with Crippen LogP contribution in [0, 0.1) is 11.3 Å². The van der Waals surface area contributed by atoms with Crippen molar-refractivity contribution in [3.8, 4) is 17.6 Å². The van der Waals surface area contributed by atoms with Gasteiger partial charge in [-0.2, -0.15) is 5.26 Å². The number of ether oxygens (including phenoxy) is 2. The van der Waals surface area contributed by atoms with Crippen LogP contribution in [0.3, 0.4) is 0 Å². The van der Waals surface area contributed by atoms with E-state index in [1.54, 1.807) is 7.11 Å². The van der Waals surface area contributed by atoms with Crippen LogP contribution in [0.1, 0.15) is 38.2 Å². The molecule has 0 aliphatic rings. The molecule has 1 aromatic rings. The molecule has 0 unspecified atom stereocenters. The van der Waals surface area contributed by atoms with Gasteiger partial charge in [0.25, 0.3) is 0 Å². The molecule has 0 spiro atoms. The molecule has 0 atom stereocenters. The normalized spacial score (nSPS) is 9.83. The van der Waals surface area contributed by atoms with Gasteiger partial charge in [-0.05, 0) is 30.9 Å². The van der Waals surface area contributed by atoms with Crippen LogP contribution in [0.2, 0.25) is 0 Å². The molecule has 3 nitrogen and oxygen atoms in total. The lowest BCUT2D eigenvalue weighted by Crippen LogP contribution is -2.01. The number of hydrogen-bond donors (Lipinski definition) is 0. The second kappa shape index (κ2) is 8.41. The highest BCUT2D eigenvalue weighted by Crippen LogP contribution is 2.26. The molecule has 0 aromatic heterocycles. The molecule has 0 aliphatic carbocycles. The summed E-state index contributed by atoms with van der Waals surface area (Å²) >= 11 is 0. The van der Waals surface area contributed by atoms with Gasteiger partial charge in [0.2, 0.25) is 0 Å². The number of methoxy groups -OCH3 is 1. The summed E-state index contributed by atoms with van der Waals surface area (Å²) in [6, 6.07) is 8.11. The third-order valence-electron chi connectivity index (χ3n) is 2.73. The Morgan fingerprint density at radius 2 is 2.11 bits per heavy atom. The van der Waals surface area contributed by atoms with Crippen molar-refractivity contribution in [2.75, 3.05) is 13.7 Å². The minimum Gasteiger partial charge on any atom is -0.497 e. The lowest BCUT2D eigenvalue weighted by atomic mass is 10.1. The second-order valence-corrected chi connectivity index (χ2v) is 4.19. The van der Waals surface area contributed by atoms with E-state index in [2.05, 4.69) is 19.1 Å². The van der Waals surface area contributed by atoms with E-state index in [4.69, 9.17) is 14.7 Å². The number of nitriles is 1. The monoisotopic (exact) mass is 247 g/mol. The zero-order chi connectivity index (χ0) is 13.2. The van der Waals surface area contributed by atoms with Crippen LogP contribution in [0.4, 0.5) is 0 Å². The Labute approximate surface area is 109 Å². The number of benzene rings is 1. The fourth-order valence-corrected chi connectivity index (χ4v) is 1.76. The maximum absolute atomic E-state index is 8.46. The Morgan fingerprint density at radius 1 is 1.28 bits per heavy atom. The molecule has 0 aliphatic heterocycles. The topological polar surface area (TPSA) is 42.2 Å². The Hall–Kier alpha value is -1.69. The molecule has 0 heterocycles. The van der Waals surface area contributed by atoms with Gasteiger partial charge in [0.15, 0.2) is 0 Å². The Morgan fingerprint density at radius 3 is 2.78 bits per heavy atom. The van der Waals surface area contributed by atoms with E-state index < -0.39 is 0 Å². The summed E-state index contributed by atoms with van der Waals surface area (Å²) < 4.78 is 11.0. The summed E-state index contributed by atoms with van der Waals surface area (Å²) in [6.45, 7) is 2.81. The average Bonchev–Trinajstić information content (AvgIpc) is 2.40. The first-order valence-corrected chi connectivity index (χ1v) is 6.48. The average molecular weight is 247 g/mol. The molecular formula is C15H21NO2. The first kappa shape index (κ1) is 14.4. The summed E-state index contributed by atoms with van der Waals surface area (Å²) in [5, 5.41) is 8.46. The molecule has 0 amide bonds. The minimum absolute atomic E-state index is 0.600. The molecule has 1 rings (SSSR count). The van der Waals surface area contributed by atoms with Crippen molar-refractivity contribution < 1.29 is 9.47 Å². The van der Waals surface area contributed by atoms with Gasteiger partial charge in [0, 0.05) is 12.5 Å². The number of rotatable bonds is 8. The second-order valence-electron chi connectivity index (χ2n) is 4.19. The third-order valence-corrected chi connectivity index (χ3v) is 2.73. The van der Waals surface area contributed by atoms with Gasteiger partial charge < -0.3 is 9.47 Å². The fraction of sp³-hybridized carbons (Fsp3) is 0.533. The molecule has 98 valence electrons. The lowest BCUT2D eigenvalue weighted by Gasteiger charge is -2.12. The van der Waals surface area contributed by atoms with Crippen molar-refractivity contribution in [3.63, 3.8) is 0 Å². The molecule has 0 saturated carbocycles. The lowest BCUT2D eigenvalue weighted by molar-refractivity contribution is 0.302. The highest BCUT2D eigenvalue weighted by Gasteiger charge is 2.05. The minimum atomic E-state index is 0.600. The summed E-state index contributed by atoms with van der Waals surface area (Å²) in [6.07, 6.45) is 4.51. The summed E-state index contributed by atoms with van der Waals surface area (Å²) in [5.41, 5.74) is 1.22. The molecule has 0 radical (unpaired) electrons. The largest absolute Gasteiger partial charge is 0.497 e. The first-order valence-electron chi connectivity index (χ1n) is 6.48.